The van der Waals surface area contributed by atoms with Gasteiger partial charge in [0.2, 0.25) is 0 Å². The van der Waals surface area contributed by atoms with Crippen LogP contribution in [0.1, 0.15) is 19.3 Å². The minimum Gasteiger partial charge on any atom is -0.389 e. The summed E-state index contributed by atoms with van der Waals surface area (Å²) in [4.78, 5) is 0. The molecule has 12 heavy (non-hydrogen) atoms. The quantitative estimate of drug-likeness (QED) is 0.606. The third kappa shape index (κ3) is 2.43. The Morgan fingerprint density at radius 2 is 2.17 bits per heavy atom. The van der Waals surface area contributed by atoms with Gasteiger partial charge in [-0.2, -0.15) is 0 Å². The van der Waals surface area contributed by atoms with Crippen molar-refractivity contribution in [2.75, 3.05) is 18.1 Å². The monoisotopic (exact) mass is 193 g/mol. The van der Waals surface area contributed by atoms with Crippen LogP contribution in [0.3, 0.4) is 0 Å². The Hall–Kier alpha value is -0.130. The highest BCUT2D eigenvalue weighted by atomic mass is 32.2. The van der Waals surface area contributed by atoms with Gasteiger partial charge in [-0.1, -0.05) is 0 Å². The molecule has 1 atom stereocenters. The summed E-state index contributed by atoms with van der Waals surface area (Å²) in [5.74, 6) is 0.0943. The lowest BCUT2D eigenvalue weighted by molar-refractivity contribution is 0.0436. The first kappa shape index (κ1) is 9.95. The lowest BCUT2D eigenvalue weighted by Crippen LogP contribution is -2.43. The zero-order valence-electron chi connectivity index (χ0n) is 6.99. The second kappa shape index (κ2) is 3.32. The largest absolute Gasteiger partial charge is 0.389 e. The van der Waals surface area contributed by atoms with Gasteiger partial charge >= 0.3 is 0 Å². The number of rotatable bonds is 2. The van der Waals surface area contributed by atoms with Crippen molar-refractivity contribution in [2.45, 2.75) is 24.9 Å². The van der Waals surface area contributed by atoms with Gasteiger partial charge in [0.25, 0.3) is 0 Å². The third-order valence-corrected chi connectivity index (χ3v) is 4.08. The number of nitrogens with two attached hydrogens (primary N) is 1. The highest BCUT2D eigenvalue weighted by Gasteiger charge is 2.36. The van der Waals surface area contributed by atoms with E-state index in [-0.39, 0.29) is 11.5 Å². The zero-order chi connectivity index (χ0) is 9.24. The molecule has 0 radical (unpaired) electrons. The summed E-state index contributed by atoms with van der Waals surface area (Å²) in [5.41, 5.74) is 4.23. The van der Waals surface area contributed by atoms with Crippen LogP contribution in [-0.4, -0.2) is 37.2 Å². The minimum absolute atomic E-state index is 0.114. The van der Waals surface area contributed by atoms with Crippen LogP contribution in [-0.2, 0) is 9.84 Å². The van der Waals surface area contributed by atoms with Gasteiger partial charge in [0.1, 0.15) is 0 Å². The first-order valence-electron chi connectivity index (χ1n) is 4.10. The van der Waals surface area contributed by atoms with Crippen LogP contribution in [0.15, 0.2) is 0 Å². The predicted octanol–water partition coefficient (Wildman–Crippen LogP) is -0.725. The van der Waals surface area contributed by atoms with E-state index in [1.165, 1.54) is 0 Å². The Labute approximate surface area is 72.7 Å². The average molecular weight is 193 g/mol. The molecule has 0 saturated carbocycles. The Morgan fingerprint density at radius 1 is 1.50 bits per heavy atom. The minimum atomic E-state index is -3.02. The van der Waals surface area contributed by atoms with Crippen molar-refractivity contribution in [1.29, 1.82) is 0 Å². The Bertz CT molecular complexity index is 245. The third-order valence-electron chi connectivity index (χ3n) is 2.20. The van der Waals surface area contributed by atoms with Crippen molar-refractivity contribution in [3.8, 4) is 0 Å². The van der Waals surface area contributed by atoms with Crippen molar-refractivity contribution in [3.05, 3.63) is 0 Å². The second-order valence-corrected chi connectivity index (χ2v) is 5.64. The van der Waals surface area contributed by atoms with Crippen LogP contribution in [0.2, 0.25) is 0 Å². The van der Waals surface area contributed by atoms with E-state index in [1.54, 1.807) is 0 Å². The Balaban J connectivity index is 2.68. The first-order chi connectivity index (χ1) is 5.47. The molecule has 3 N–H and O–H groups in total. The van der Waals surface area contributed by atoms with Gasteiger partial charge in [-0.25, -0.2) is 8.42 Å². The molecule has 1 rings (SSSR count). The standard InChI is InChI=1S/C7H15NO3S/c8-4-3-7(9)2-1-5-12(10,11)6-7/h9H,1-6,8H2. The van der Waals surface area contributed by atoms with Crippen molar-refractivity contribution >= 4 is 9.84 Å². The summed E-state index contributed by atoms with van der Waals surface area (Å²) >= 11 is 0. The molecule has 4 nitrogen and oxygen atoms in total. The molecule has 72 valence electrons. The molecule has 1 heterocycles. The smallest absolute Gasteiger partial charge is 0.153 e. The van der Waals surface area contributed by atoms with Gasteiger partial charge in [0.05, 0.1) is 17.1 Å². The fourth-order valence-electron chi connectivity index (χ4n) is 1.64. The van der Waals surface area contributed by atoms with Gasteiger partial charge in [0, 0.05) is 0 Å². The van der Waals surface area contributed by atoms with Crippen LogP contribution in [0.5, 0.6) is 0 Å². The van der Waals surface area contributed by atoms with E-state index in [9.17, 15) is 13.5 Å². The number of sulfone groups is 1. The van der Waals surface area contributed by atoms with E-state index in [1.807, 2.05) is 0 Å². The zero-order valence-corrected chi connectivity index (χ0v) is 7.81. The van der Waals surface area contributed by atoms with E-state index in [2.05, 4.69) is 0 Å². The lowest BCUT2D eigenvalue weighted by Gasteiger charge is -2.31. The van der Waals surface area contributed by atoms with E-state index in [0.717, 1.165) is 0 Å². The molecule has 0 aromatic heterocycles. The average Bonchev–Trinajstić information content (AvgIpc) is 1.83. The normalized spacial score (nSPS) is 34.8. The summed E-state index contributed by atoms with van der Waals surface area (Å²) in [5, 5.41) is 9.75. The van der Waals surface area contributed by atoms with Crippen molar-refractivity contribution in [3.63, 3.8) is 0 Å². The van der Waals surface area contributed by atoms with Gasteiger partial charge in [-0.15, -0.1) is 0 Å². The maximum Gasteiger partial charge on any atom is 0.153 e. The van der Waals surface area contributed by atoms with Crippen molar-refractivity contribution in [1.82, 2.24) is 0 Å². The fraction of sp³-hybridized carbons (Fsp3) is 1.00. The van der Waals surface area contributed by atoms with E-state index >= 15 is 0 Å². The first-order valence-corrected chi connectivity index (χ1v) is 5.92. The van der Waals surface area contributed by atoms with E-state index < -0.39 is 15.4 Å². The summed E-state index contributed by atoms with van der Waals surface area (Å²) in [7, 11) is -3.02. The second-order valence-electron chi connectivity index (χ2n) is 3.46. The lowest BCUT2D eigenvalue weighted by atomic mass is 9.96. The fourth-order valence-corrected chi connectivity index (χ4v) is 3.48. The molecule has 0 spiro atoms. The van der Waals surface area contributed by atoms with Crippen LogP contribution in [0, 0.1) is 0 Å². The number of hydrogen-bond donors (Lipinski definition) is 2. The number of hydrogen-bond acceptors (Lipinski definition) is 4. The Kier molecular flexibility index (Phi) is 2.75. The summed E-state index contributed by atoms with van der Waals surface area (Å²) in [6, 6.07) is 0. The molecule has 0 bridgehead atoms. The summed E-state index contributed by atoms with van der Waals surface area (Å²) in [6.45, 7) is 0.339. The summed E-state index contributed by atoms with van der Waals surface area (Å²) < 4.78 is 22.3. The van der Waals surface area contributed by atoms with Crippen molar-refractivity contribution in [2.24, 2.45) is 5.73 Å². The molecule has 1 aliphatic heterocycles. The SMILES string of the molecule is NCCC1(O)CCCS(=O)(=O)C1. The molecule has 5 heteroatoms. The molecular formula is C7H15NO3S. The molecule has 0 aromatic rings. The van der Waals surface area contributed by atoms with E-state index in [4.69, 9.17) is 5.73 Å². The molecule has 1 aliphatic rings. The molecule has 0 amide bonds. The number of aliphatic hydroxyl groups is 1. The van der Waals surface area contributed by atoms with Crippen molar-refractivity contribution < 1.29 is 13.5 Å². The molecular weight excluding hydrogens is 178 g/mol. The van der Waals surface area contributed by atoms with Crippen LogP contribution in [0.25, 0.3) is 0 Å². The van der Waals surface area contributed by atoms with Gasteiger partial charge in [-0.3, -0.25) is 0 Å². The maximum absolute atomic E-state index is 11.1. The van der Waals surface area contributed by atoms with Crippen LogP contribution in [0.4, 0.5) is 0 Å². The van der Waals surface area contributed by atoms with Crippen LogP contribution >= 0.6 is 0 Å². The van der Waals surface area contributed by atoms with Gasteiger partial charge < -0.3 is 10.8 Å². The topological polar surface area (TPSA) is 80.4 Å². The molecule has 0 aromatic carbocycles. The molecule has 0 aliphatic carbocycles. The summed E-state index contributed by atoms with van der Waals surface area (Å²) in [6.07, 6.45) is 1.49. The highest BCUT2D eigenvalue weighted by Crippen LogP contribution is 2.25. The Morgan fingerprint density at radius 3 is 2.67 bits per heavy atom. The molecule has 1 unspecified atom stereocenters. The van der Waals surface area contributed by atoms with E-state index in [0.29, 0.717) is 25.8 Å². The predicted molar refractivity (Wildman–Crippen MR) is 46.5 cm³/mol. The van der Waals surface area contributed by atoms with Gasteiger partial charge in [0.15, 0.2) is 9.84 Å². The molecule has 1 fully saturated rings. The van der Waals surface area contributed by atoms with Gasteiger partial charge in [-0.05, 0) is 25.8 Å². The molecule has 1 saturated heterocycles. The maximum atomic E-state index is 11.1. The highest BCUT2D eigenvalue weighted by molar-refractivity contribution is 7.91. The van der Waals surface area contributed by atoms with Crippen LogP contribution < -0.4 is 5.73 Å².